The highest BCUT2D eigenvalue weighted by Gasteiger charge is 2.18. The molecule has 0 aliphatic carbocycles. The second-order valence-electron chi connectivity index (χ2n) is 6.84. The maximum Gasteiger partial charge on any atom is 0.240 e. The van der Waals surface area contributed by atoms with Crippen LogP contribution in [0.3, 0.4) is 0 Å². The lowest BCUT2D eigenvalue weighted by Gasteiger charge is -2.30. The van der Waals surface area contributed by atoms with Gasteiger partial charge in [0.05, 0.1) is 17.7 Å². The summed E-state index contributed by atoms with van der Waals surface area (Å²) in [5, 5.41) is 2.59. The quantitative estimate of drug-likeness (QED) is 0.671. The van der Waals surface area contributed by atoms with Gasteiger partial charge in [-0.15, -0.1) is 0 Å². The second kappa shape index (κ2) is 9.34. The lowest BCUT2D eigenvalue weighted by molar-refractivity contribution is -0.114. The molecular weight excluding hydrogens is 354 g/mol. The highest BCUT2D eigenvalue weighted by Crippen LogP contribution is 2.27. The van der Waals surface area contributed by atoms with Crippen LogP contribution in [0.1, 0.15) is 33.1 Å². The van der Waals surface area contributed by atoms with E-state index in [0.717, 1.165) is 26.1 Å². The number of rotatable bonds is 8. The van der Waals surface area contributed by atoms with Crippen molar-refractivity contribution >= 4 is 21.6 Å². The summed E-state index contributed by atoms with van der Waals surface area (Å²) in [6.45, 7) is 7.08. The molecule has 1 amide bonds. The molecule has 1 heterocycles. The number of hydrogen-bond donors (Lipinski definition) is 2. The second-order valence-corrected chi connectivity index (χ2v) is 8.61. The molecule has 1 aromatic carbocycles. The molecule has 146 valence electrons. The topological polar surface area (TPSA) is 87.7 Å². The molecule has 0 aromatic heterocycles. The zero-order valence-electron chi connectivity index (χ0n) is 15.7. The molecule has 1 aliphatic rings. The molecule has 26 heavy (non-hydrogen) atoms. The van der Waals surface area contributed by atoms with Gasteiger partial charge in [-0.3, -0.25) is 4.79 Å². The van der Waals surface area contributed by atoms with Gasteiger partial charge >= 0.3 is 0 Å². The van der Waals surface area contributed by atoms with Gasteiger partial charge in [0, 0.05) is 20.0 Å². The van der Waals surface area contributed by atoms with Crippen LogP contribution in [0.4, 0.5) is 5.69 Å². The number of amides is 1. The SMILES string of the molecule is COc1ccc(S(=O)(=O)NCCCN2CCC[C@@H](C)C2)cc1NC(C)=O. The molecule has 0 spiro atoms. The first kappa shape index (κ1) is 20.7. The van der Waals surface area contributed by atoms with Crippen molar-refractivity contribution in [3.63, 3.8) is 0 Å². The van der Waals surface area contributed by atoms with Crippen molar-refractivity contribution in [2.75, 3.05) is 38.6 Å². The van der Waals surface area contributed by atoms with Crippen LogP contribution in [0.5, 0.6) is 5.75 Å². The fourth-order valence-corrected chi connectivity index (χ4v) is 4.32. The number of carbonyl (C=O) groups is 1. The van der Waals surface area contributed by atoms with Crippen molar-refractivity contribution in [1.29, 1.82) is 0 Å². The van der Waals surface area contributed by atoms with Crippen LogP contribution >= 0.6 is 0 Å². The Labute approximate surface area is 156 Å². The van der Waals surface area contributed by atoms with E-state index in [1.165, 1.54) is 45.1 Å². The zero-order chi connectivity index (χ0) is 19.2. The Morgan fingerprint density at radius 1 is 1.38 bits per heavy atom. The van der Waals surface area contributed by atoms with Gasteiger partial charge in [0.25, 0.3) is 0 Å². The molecule has 1 atom stereocenters. The van der Waals surface area contributed by atoms with Crippen LogP contribution in [0.25, 0.3) is 0 Å². The molecule has 7 nitrogen and oxygen atoms in total. The highest BCUT2D eigenvalue weighted by molar-refractivity contribution is 7.89. The van der Waals surface area contributed by atoms with Gasteiger partial charge in [0.15, 0.2) is 0 Å². The standard InChI is InChI=1S/C18H29N3O4S/c1-14-6-4-10-21(13-14)11-5-9-19-26(23,24)16-7-8-18(25-3)17(12-16)20-15(2)22/h7-8,12,14,19H,4-6,9-11,13H2,1-3H3,(H,20,22)/t14-/m1/s1. The molecule has 0 unspecified atom stereocenters. The number of nitrogens with one attached hydrogen (secondary N) is 2. The van der Waals surface area contributed by atoms with Crippen molar-refractivity contribution < 1.29 is 17.9 Å². The third-order valence-corrected chi connectivity index (χ3v) is 5.93. The Bertz CT molecular complexity index is 721. The number of anilines is 1. The maximum absolute atomic E-state index is 12.5. The number of hydrogen-bond acceptors (Lipinski definition) is 5. The molecule has 1 fully saturated rings. The van der Waals surface area contributed by atoms with Crippen LogP contribution in [-0.4, -0.2) is 52.5 Å². The van der Waals surface area contributed by atoms with Crippen molar-refractivity contribution in [3.8, 4) is 5.75 Å². The van der Waals surface area contributed by atoms with E-state index in [0.29, 0.717) is 23.9 Å². The summed E-state index contributed by atoms with van der Waals surface area (Å²) in [5.74, 6) is 0.840. The molecule has 0 bridgehead atoms. The van der Waals surface area contributed by atoms with E-state index < -0.39 is 10.0 Å². The van der Waals surface area contributed by atoms with Crippen LogP contribution in [-0.2, 0) is 14.8 Å². The normalized spacial score (nSPS) is 18.5. The minimum absolute atomic E-state index is 0.105. The third kappa shape index (κ3) is 5.96. The van der Waals surface area contributed by atoms with Crippen molar-refractivity contribution in [2.45, 2.75) is 38.0 Å². The first-order chi connectivity index (χ1) is 12.3. The summed E-state index contributed by atoms with van der Waals surface area (Å²) in [4.78, 5) is 13.8. The first-order valence-electron chi connectivity index (χ1n) is 8.99. The molecule has 1 aromatic rings. The summed E-state index contributed by atoms with van der Waals surface area (Å²) < 4.78 is 32.8. The number of methoxy groups -OCH3 is 1. The summed E-state index contributed by atoms with van der Waals surface area (Å²) in [5.41, 5.74) is 0.338. The molecule has 8 heteroatoms. The Kier molecular flexibility index (Phi) is 7.43. The van der Waals surface area contributed by atoms with Gasteiger partial charge in [-0.25, -0.2) is 13.1 Å². The number of benzene rings is 1. The molecule has 2 rings (SSSR count). The number of carbonyl (C=O) groups excluding carboxylic acids is 1. The van der Waals surface area contributed by atoms with Crippen LogP contribution < -0.4 is 14.8 Å². The van der Waals surface area contributed by atoms with Crippen LogP contribution in [0, 0.1) is 5.92 Å². The van der Waals surface area contributed by atoms with E-state index in [2.05, 4.69) is 21.9 Å². The minimum Gasteiger partial charge on any atom is -0.495 e. The molecule has 0 radical (unpaired) electrons. The summed E-state index contributed by atoms with van der Waals surface area (Å²) in [6, 6.07) is 4.42. The predicted octanol–water partition coefficient (Wildman–Crippen LogP) is 2.05. The zero-order valence-corrected chi connectivity index (χ0v) is 16.6. The number of piperidine rings is 1. The predicted molar refractivity (Wildman–Crippen MR) is 102 cm³/mol. The van der Waals surface area contributed by atoms with E-state index in [-0.39, 0.29) is 10.8 Å². The Hall–Kier alpha value is -1.64. The van der Waals surface area contributed by atoms with Crippen LogP contribution in [0.2, 0.25) is 0 Å². The number of likely N-dealkylation sites (tertiary alicyclic amines) is 1. The highest BCUT2D eigenvalue weighted by atomic mass is 32.2. The molecular formula is C18H29N3O4S. The lowest BCUT2D eigenvalue weighted by Crippen LogP contribution is -2.36. The minimum atomic E-state index is -3.63. The van der Waals surface area contributed by atoms with Gasteiger partial charge in [-0.2, -0.15) is 0 Å². The Balaban J connectivity index is 1.93. The number of nitrogens with zero attached hydrogens (tertiary/aromatic N) is 1. The van der Waals surface area contributed by atoms with Crippen molar-refractivity contribution in [3.05, 3.63) is 18.2 Å². The Morgan fingerprint density at radius 3 is 2.81 bits per heavy atom. The number of ether oxygens (including phenoxy) is 1. The summed E-state index contributed by atoms with van der Waals surface area (Å²) in [7, 11) is -2.17. The van der Waals surface area contributed by atoms with Gasteiger partial charge in [0.1, 0.15) is 5.75 Å². The smallest absolute Gasteiger partial charge is 0.240 e. The van der Waals surface area contributed by atoms with Crippen molar-refractivity contribution in [2.24, 2.45) is 5.92 Å². The fraction of sp³-hybridized carbons (Fsp3) is 0.611. The van der Waals surface area contributed by atoms with E-state index in [4.69, 9.17) is 4.74 Å². The van der Waals surface area contributed by atoms with Gasteiger partial charge < -0.3 is 15.0 Å². The fourth-order valence-electron chi connectivity index (χ4n) is 3.22. The van der Waals surface area contributed by atoms with E-state index in [9.17, 15) is 13.2 Å². The maximum atomic E-state index is 12.5. The monoisotopic (exact) mass is 383 g/mol. The average Bonchev–Trinajstić information content (AvgIpc) is 2.58. The third-order valence-electron chi connectivity index (χ3n) is 4.48. The number of sulfonamides is 1. The average molecular weight is 384 g/mol. The van der Waals surface area contributed by atoms with Gasteiger partial charge in [-0.1, -0.05) is 6.92 Å². The summed E-state index contributed by atoms with van der Waals surface area (Å²) in [6.07, 6.45) is 3.25. The summed E-state index contributed by atoms with van der Waals surface area (Å²) >= 11 is 0. The lowest BCUT2D eigenvalue weighted by atomic mass is 10.0. The molecule has 2 N–H and O–H groups in total. The van der Waals surface area contributed by atoms with Gasteiger partial charge in [0.2, 0.25) is 15.9 Å². The molecule has 1 saturated heterocycles. The molecule has 1 aliphatic heterocycles. The molecule has 0 saturated carbocycles. The largest absolute Gasteiger partial charge is 0.495 e. The van der Waals surface area contributed by atoms with E-state index in [1.807, 2.05) is 0 Å². The first-order valence-corrected chi connectivity index (χ1v) is 10.5. The van der Waals surface area contributed by atoms with E-state index >= 15 is 0 Å². The Morgan fingerprint density at radius 2 is 2.15 bits per heavy atom. The van der Waals surface area contributed by atoms with Crippen molar-refractivity contribution in [1.82, 2.24) is 9.62 Å². The van der Waals surface area contributed by atoms with Gasteiger partial charge in [-0.05, 0) is 56.5 Å². The van der Waals surface area contributed by atoms with Crippen LogP contribution in [0.15, 0.2) is 23.1 Å². The van der Waals surface area contributed by atoms with E-state index in [1.54, 1.807) is 0 Å².